The van der Waals surface area contributed by atoms with Crippen molar-refractivity contribution in [2.45, 2.75) is 39.5 Å². The highest BCUT2D eigenvalue weighted by Crippen LogP contribution is 2.10. The summed E-state index contributed by atoms with van der Waals surface area (Å²) >= 11 is 0. The zero-order valence-electron chi connectivity index (χ0n) is 15.2. The minimum atomic E-state index is -0.400. The van der Waals surface area contributed by atoms with Gasteiger partial charge in [-0.05, 0) is 30.5 Å². The van der Waals surface area contributed by atoms with Crippen LogP contribution < -0.4 is 10.9 Å². The fourth-order valence-electron chi connectivity index (χ4n) is 2.60. The molecule has 0 heterocycles. The summed E-state index contributed by atoms with van der Waals surface area (Å²) in [5.41, 5.74) is 7.84. The molecule has 2 amide bonds. The first-order chi connectivity index (χ1) is 12.5. The Kier molecular flexibility index (Phi) is 7.09. The van der Waals surface area contributed by atoms with E-state index in [0.717, 1.165) is 18.4 Å². The van der Waals surface area contributed by atoms with Crippen LogP contribution in [0.2, 0.25) is 0 Å². The van der Waals surface area contributed by atoms with E-state index in [9.17, 15) is 14.4 Å². The van der Waals surface area contributed by atoms with E-state index in [1.807, 2.05) is 31.2 Å². The summed E-state index contributed by atoms with van der Waals surface area (Å²) in [5, 5.41) is 0. The van der Waals surface area contributed by atoms with Crippen LogP contribution in [0.4, 0.5) is 0 Å². The normalized spacial score (nSPS) is 10.2. The average molecular weight is 352 g/mol. The fraction of sp³-hybridized carbons (Fsp3) is 0.286. The van der Waals surface area contributed by atoms with Crippen LogP contribution >= 0.6 is 0 Å². The third-order valence-corrected chi connectivity index (χ3v) is 4.10. The highest BCUT2D eigenvalue weighted by atomic mass is 16.2. The summed E-state index contributed by atoms with van der Waals surface area (Å²) < 4.78 is 0. The first-order valence-corrected chi connectivity index (χ1v) is 8.78. The molecule has 26 heavy (non-hydrogen) atoms. The molecule has 136 valence electrons. The number of Topliss-reactive ketones (excluding diaryl/α,β-unsaturated/α-hetero) is 1. The largest absolute Gasteiger partial charge is 0.294 e. The van der Waals surface area contributed by atoms with E-state index in [-0.39, 0.29) is 24.5 Å². The molecule has 0 radical (unpaired) electrons. The van der Waals surface area contributed by atoms with Crippen LogP contribution in [0.15, 0.2) is 48.5 Å². The van der Waals surface area contributed by atoms with Gasteiger partial charge in [0.1, 0.15) is 0 Å². The molecule has 5 nitrogen and oxygen atoms in total. The van der Waals surface area contributed by atoms with Crippen molar-refractivity contribution >= 4 is 17.6 Å². The van der Waals surface area contributed by atoms with Crippen molar-refractivity contribution in [3.8, 4) is 0 Å². The third-order valence-electron chi connectivity index (χ3n) is 4.10. The lowest BCUT2D eigenvalue weighted by atomic mass is 10.0. The number of carbonyl (C=O) groups excluding carboxylic acids is 3. The van der Waals surface area contributed by atoms with Crippen molar-refractivity contribution in [3.05, 3.63) is 70.8 Å². The van der Waals surface area contributed by atoms with Gasteiger partial charge >= 0.3 is 0 Å². The molecule has 0 fully saturated rings. The van der Waals surface area contributed by atoms with Gasteiger partial charge in [-0.15, -0.1) is 0 Å². The second-order valence-electron chi connectivity index (χ2n) is 6.19. The molecule has 2 aromatic carbocycles. The Morgan fingerprint density at radius 2 is 1.58 bits per heavy atom. The number of hydrogen-bond donors (Lipinski definition) is 2. The molecule has 0 aliphatic rings. The monoisotopic (exact) mass is 352 g/mol. The van der Waals surface area contributed by atoms with E-state index < -0.39 is 5.91 Å². The number of carbonyl (C=O) groups is 3. The Labute approximate surface area is 153 Å². The van der Waals surface area contributed by atoms with Crippen LogP contribution in [0.3, 0.4) is 0 Å². The van der Waals surface area contributed by atoms with Crippen LogP contribution in [-0.2, 0) is 11.2 Å². The van der Waals surface area contributed by atoms with E-state index >= 15 is 0 Å². The number of hydrogen-bond acceptors (Lipinski definition) is 3. The number of ketones is 1. The predicted molar refractivity (Wildman–Crippen MR) is 101 cm³/mol. The Morgan fingerprint density at radius 3 is 2.23 bits per heavy atom. The van der Waals surface area contributed by atoms with Gasteiger partial charge in [0.05, 0.1) is 0 Å². The molecule has 0 atom stereocenters. The molecule has 0 saturated heterocycles. The van der Waals surface area contributed by atoms with E-state index in [2.05, 4.69) is 17.8 Å². The van der Waals surface area contributed by atoms with Gasteiger partial charge < -0.3 is 0 Å². The summed E-state index contributed by atoms with van der Waals surface area (Å²) in [6.45, 7) is 3.93. The molecular weight excluding hydrogens is 328 g/mol. The van der Waals surface area contributed by atoms with Crippen LogP contribution in [0.1, 0.15) is 58.0 Å². The van der Waals surface area contributed by atoms with Crippen LogP contribution in [0, 0.1) is 6.92 Å². The zero-order chi connectivity index (χ0) is 18.9. The van der Waals surface area contributed by atoms with Crippen LogP contribution in [-0.4, -0.2) is 17.6 Å². The summed E-state index contributed by atoms with van der Waals surface area (Å²) in [5.74, 6) is -0.870. The molecule has 0 aliphatic heterocycles. The van der Waals surface area contributed by atoms with Crippen molar-refractivity contribution in [1.82, 2.24) is 10.9 Å². The molecule has 2 aromatic rings. The first-order valence-electron chi connectivity index (χ1n) is 8.78. The van der Waals surface area contributed by atoms with Gasteiger partial charge in [0.15, 0.2) is 5.78 Å². The number of benzene rings is 2. The summed E-state index contributed by atoms with van der Waals surface area (Å²) in [6, 6.07) is 14.6. The molecule has 2 N–H and O–H groups in total. The number of aryl methyl sites for hydroxylation is 2. The fourth-order valence-corrected chi connectivity index (χ4v) is 2.60. The van der Waals surface area contributed by atoms with Gasteiger partial charge in [-0.1, -0.05) is 55.8 Å². The van der Waals surface area contributed by atoms with Crippen molar-refractivity contribution in [3.63, 3.8) is 0 Å². The van der Waals surface area contributed by atoms with Gasteiger partial charge in [-0.2, -0.15) is 0 Å². The number of amides is 2. The third kappa shape index (κ3) is 5.55. The Bertz CT molecular complexity index is 782. The molecule has 0 unspecified atom stereocenters. The quantitative estimate of drug-likeness (QED) is 0.592. The molecule has 5 heteroatoms. The van der Waals surface area contributed by atoms with E-state index in [4.69, 9.17) is 0 Å². The summed E-state index contributed by atoms with van der Waals surface area (Å²) in [7, 11) is 0. The van der Waals surface area contributed by atoms with Crippen molar-refractivity contribution in [1.29, 1.82) is 0 Å². The molecule has 0 bridgehead atoms. The Balaban J connectivity index is 1.78. The first kappa shape index (κ1) is 19.4. The molecule has 0 saturated carbocycles. The van der Waals surface area contributed by atoms with Crippen molar-refractivity contribution < 1.29 is 14.4 Å². The molecular formula is C21H24N2O3. The summed E-state index contributed by atoms with van der Waals surface area (Å²) in [6.07, 6.45) is 2.15. The van der Waals surface area contributed by atoms with Crippen LogP contribution in [0.25, 0.3) is 0 Å². The van der Waals surface area contributed by atoms with Gasteiger partial charge in [0.25, 0.3) is 5.91 Å². The van der Waals surface area contributed by atoms with E-state index in [1.165, 1.54) is 5.56 Å². The topological polar surface area (TPSA) is 75.3 Å². The SMILES string of the molecule is CCCc1ccc(C(=O)CCC(=O)NNC(=O)c2ccccc2C)cc1. The lowest BCUT2D eigenvalue weighted by molar-refractivity contribution is -0.121. The number of hydrazine groups is 1. The smallest absolute Gasteiger partial charge is 0.269 e. The maximum atomic E-state index is 12.2. The van der Waals surface area contributed by atoms with E-state index in [1.54, 1.807) is 24.3 Å². The average Bonchev–Trinajstić information content (AvgIpc) is 2.65. The highest BCUT2D eigenvalue weighted by molar-refractivity contribution is 5.99. The second-order valence-corrected chi connectivity index (χ2v) is 6.19. The summed E-state index contributed by atoms with van der Waals surface area (Å²) in [4.78, 5) is 36.0. The minimum Gasteiger partial charge on any atom is -0.294 e. The second kappa shape index (κ2) is 9.51. The van der Waals surface area contributed by atoms with Crippen molar-refractivity contribution in [2.75, 3.05) is 0 Å². The maximum absolute atomic E-state index is 12.2. The molecule has 0 aliphatic carbocycles. The maximum Gasteiger partial charge on any atom is 0.269 e. The predicted octanol–water partition coefficient (Wildman–Crippen LogP) is 3.37. The van der Waals surface area contributed by atoms with Gasteiger partial charge in [-0.3, -0.25) is 25.2 Å². The molecule has 0 spiro atoms. The van der Waals surface area contributed by atoms with E-state index in [0.29, 0.717) is 11.1 Å². The van der Waals surface area contributed by atoms with Crippen LogP contribution in [0.5, 0.6) is 0 Å². The minimum absolute atomic E-state index is 0.0175. The highest BCUT2D eigenvalue weighted by Gasteiger charge is 2.12. The van der Waals surface area contributed by atoms with Crippen molar-refractivity contribution in [2.24, 2.45) is 0 Å². The Hall–Kier alpha value is -2.95. The molecule has 0 aromatic heterocycles. The molecule has 2 rings (SSSR count). The lowest BCUT2D eigenvalue weighted by Crippen LogP contribution is -2.41. The Morgan fingerprint density at radius 1 is 0.885 bits per heavy atom. The zero-order valence-corrected chi connectivity index (χ0v) is 15.2. The lowest BCUT2D eigenvalue weighted by Gasteiger charge is -2.09. The van der Waals surface area contributed by atoms with Gasteiger partial charge in [0.2, 0.25) is 5.91 Å². The van der Waals surface area contributed by atoms with Gasteiger partial charge in [0, 0.05) is 24.0 Å². The number of nitrogens with one attached hydrogen (secondary N) is 2. The number of rotatable bonds is 7. The van der Waals surface area contributed by atoms with Gasteiger partial charge in [-0.25, -0.2) is 0 Å². The standard InChI is InChI=1S/C21H24N2O3/c1-3-6-16-9-11-17(12-10-16)19(24)13-14-20(25)22-23-21(26)18-8-5-4-7-15(18)2/h4-5,7-12H,3,6,13-14H2,1-2H3,(H,22,25)(H,23,26).